The van der Waals surface area contributed by atoms with Crippen molar-refractivity contribution in [3.8, 4) is 17.3 Å². The van der Waals surface area contributed by atoms with Crippen LogP contribution in [0.15, 0.2) is 71.0 Å². The van der Waals surface area contributed by atoms with E-state index in [4.69, 9.17) is 0 Å². The molecule has 0 spiro atoms. The second-order valence-corrected chi connectivity index (χ2v) is 10.2. The van der Waals surface area contributed by atoms with Gasteiger partial charge in [0.1, 0.15) is 0 Å². The van der Waals surface area contributed by atoms with Crippen molar-refractivity contribution >= 4 is 6.21 Å². The van der Waals surface area contributed by atoms with Crippen molar-refractivity contribution in [2.45, 2.75) is 85.2 Å². The molecule has 0 fully saturated rings. The molecule has 1 aromatic carbocycles. The van der Waals surface area contributed by atoms with E-state index in [0.717, 1.165) is 68.6 Å². The van der Waals surface area contributed by atoms with Crippen LogP contribution >= 0.6 is 0 Å². The molecule has 0 aliphatic carbocycles. The molecule has 0 N–H and O–H groups in total. The van der Waals surface area contributed by atoms with Gasteiger partial charge in [0.05, 0.1) is 17.3 Å². The van der Waals surface area contributed by atoms with E-state index < -0.39 is 11.7 Å². The predicted octanol–water partition coefficient (Wildman–Crippen LogP) is 9.76. The number of hydrogen-bond donors (Lipinski definition) is 0. The van der Waals surface area contributed by atoms with Gasteiger partial charge in [0.25, 0.3) is 0 Å². The Hall–Kier alpha value is -3.20. The summed E-state index contributed by atoms with van der Waals surface area (Å²) in [4.78, 5) is 8.76. The molecule has 2 atom stereocenters. The van der Waals surface area contributed by atoms with E-state index in [0.29, 0.717) is 11.6 Å². The van der Waals surface area contributed by atoms with Gasteiger partial charge in [-0.1, -0.05) is 62.6 Å². The second kappa shape index (κ2) is 15.9. The minimum atomic E-state index is -4.40. The monoisotopic (exact) mass is 523 g/mol. The zero-order valence-corrected chi connectivity index (χ0v) is 23.1. The first kappa shape index (κ1) is 31.0. The van der Waals surface area contributed by atoms with Gasteiger partial charge in [0.2, 0.25) is 0 Å². The van der Waals surface area contributed by atoms with Crippen LogP contribution in [0.25, 0.3) is 11.3 Å². The predicted molar refractivity (Wildman–Crippen MR) is 151 cm³/mol. The maximum absolute atomic E-state index is 13.3. The van der Waals surface area contributed by atoms with E-state index in [1.54, 1.807) is 18.3 Å². The van der Waals surface area contributed by atoms with Crippen molar-refractivity contribution in [2.24, 2.45) is 16.8 Å². The van der Waals surface area contributed by atoms with E-state index in [1.807, 2.05) is 31.5 Å². The van der Waals surface area contributed by atoms with Crippen LogP contribution in [0.1, 0.15) is 83.8 Å². The Balaban J connectivity index is 1.66. The SMILES string of the molecule is C/C=C(/C#N)[C@H](C)CC(C)C/C(C)=C/N=CCCCCCCc1ccc(-c2ccccc2C(F)(F)F)nc1. The van der Waals surface area contributed by atoms with Crippen LogP contribution in [0.5, 0.6) is 0 Å². The number of nitriles is 1. The summed E-state index contributed by atoms with van der Waals surface area (Å²) in [7, 11) is 0. The second-order valence-electron chi connectivity index (χ2n) is 10.2. The van der Waals surface area contributed by atoms with E-state index in [2.05, 4.69) is 36.8 Å². The Bertz CT molecular complexity index is 1120. The smallest absolute Gasteiger partial charge is 0.269 e. The molecule has 1 unspecified atom stereocenters. The number of pyridine rings is 1. The average Bonchev–Trinajstić information content (AvgIpc) is 2.88. The number of hydrogen-bond acceptors (Lipinski definition) is 3. The van der Waals surface area contributed by atoms with Crippen molar-refractivity contribution in [1.29, 1.82) is 5.26 Å². The van der Waals surface area contributed by atoms with Crippen molar-refractivity contribution in [1.82, 2.24) is 4.98 Å². The Kier molecular flexibility index (Phi) is 13.0. The largest absolute Gasteiger partial charge is 0.417 e. The molecule has 0 saturated heterocycles. The molecular weight excluding hydrogens is 483 g/mol. The first-order chi connectivity index (χ1) is 18.2. The molecule has 2 rings (SSSR count). The third-order valence-electron chi connectivity index (χ3n) is 6.68. The first-order valence-corrected chi connectivity index (χ1v) is 13.5. The number of rotatable bonds is 14. The summed E-state index contributed by atoms with van der Waals surface area (Å²) >= 11 is 0. The summed E-state index contributed by atoms with van der Waals surface area (Å²) in [5.74, 6) is 0.787. The number of allylic oxidation sites excluding steroid dienone is 3. The molecule has 0 radical (unpaired) electrons. The van der Waals surface area contributed by atoms with Gasteiger partial charge in [-0.15, -0.1) is 0 Å². The van der Waals surface area contributed by atoms with Gasteiger partial charge >= 0.3 is 6.18 Å². The fourth-order valence-corrected chi connectivity index (χ4v) is 4.73. The Morgan fingerprint density at radius 1 is 1.08 bits per heavy atom. The van der Waals surface area contributed by atoms with Crippen molar-refractivity contribution in [3.63, 3.8) is 0 Å². The van der Waals surface area contributed by atoms with E-state index in [1.165, 1.54) is 17.7 Å². The Morgan fingerprint density at radius 2 is 1.82 bits per heavy atom. The molecule has 0 aliphatic rings. The normalized spacial score (nSPS) is 14.5. The number of alkyl halides is 3. The maximum Gasteiger partial charge on any atom is 0.417 e. The topological polar surface area (TPSA) is 49.0 Å². The van der Waals surface area contributed by atoms with E-state index in [-0.39, 0.29) is 11.5 Å². The number of nitrogens with zero attached hydrogens (tertiary/aromatic N) is 3. The number of aromatic nitrogens is 1. The first-order valence-electron chi connectivity index (χ1n) is 13.5. The summed E-state index contributed by atoms with van der Waals surface area (Å²) in [5, 5.41) is 9.17. The zero-order chi connectivity index (χ0) is 28.0. The quantitative estimate of drug-likeness (QED) is 0.141. The zero-order valence-electron chi connectivity index (χ0n) is 23.1. The molecule has 38 heavy (non-hydrogen) atoms. The van der Waals surface area contributed by atoms with Gasteiger partial charge in [0, 0.05) is 29.7 Å². The molecular formula is C32H40F3N3. The van der Waals surface area contributed by atoms with Gasteiger partial charge in [-0.05, 0) is 81.9 Å². The molecule has 2 aromatic rings. The number of aryl methyl sites for hydroxylation is 1. The summed E-state index contributed by atoms with van der Waals surface area (Å²) in [6.07, 6.45) is 11.2. The fourth-order valence-electron chi connectivity index (χ4n) is 4.73. The van der Waals surface area contributed by atoms with Crippen LogP contribution in [-0.4, -0.2) is 11.2 Å². The van der Waals surface area contributed by atoms with Crippen LogP contribution in [0.2, 0.25) is 0 Å². The summed E-state index contributed by atoms with van der Waals surface area (Å²) in [5.41, 5.74) is 2.95. The van der Waals surface area contributed by atoms with Gasteiger partial charge in [-0.3, -0.25) is 9.98 Å². The Labute approximate surface area is 226 Å². The lowest BCUT2D eigenvalue weighted by atomic mass is 9.88. The molecule has 0 saturated carbocycles. The minimum Gasteiger partial charge on any atom is -0.269 e. The van der Waals surface area contributed by atoms with Crippen molar-refractivity contribution < 1.29 is 13.2 Å². The van der Waals surface area contributed by atoms with Gasteiger partial charge in [0.15, 0.2) is 0 Å². The third kappa shape index (κ3) is 10.7. The lowest BCUT2D eigenvalue weighted by Gasteiger charge is -2.16. The lowest BCUT2D eigenvalue weighted by molar-refractivity contribution is -0.137. The minimum absolute atomic E-state index is 0.112. The van der Waals surface area contributed by atoms with Crippen LogP contribution in [-0.2, 0) is 12.6 Å². The number of unbranched alkanes of at least 4 members (excludes halogenated alkanes) is 4. The highest BCUT2D eigenvalue weighted by Crippen LogP contribution is 2.36. The maximum atomic E-state index is 13.3. The molecule has 0 bridgehead atoms. The van der Waals surface area contributed by atoms with Gasteiger partial charge in [-0.25, -0.2) is 0 Å². The highest BCUT2D eigenvalue weighted by molar-refractivity contribution is 5.64. The molecule has 6 heteroatoms. The average molecular weight is 524 g/mol. The lowest BCUT2D eigenvalue weighted by Crippen LogP contribution is -2.07. The molecule has 1 aromatic heterocycles. The highest BCUT2D eigenvalue weighted by Gasteiger charge is 2.33. The summed E-state index contributed by atoms with van der Waals surface area (Å²) in [6.45, 7) is 8.36. The molecule has 204 valence electrons. The molecule has 0 amide bonds. The Morgan fingerprint density at radius 3 is 2.47 bits per heavy atom. The number of halogens is 3. The summed E-state index contributed by atoms with van der Waals surface area (Å²) < 4.78 is 39.8. The van der Waals surface area contributed by atoms with E-state index in [9.17, 15) is 18.4 Å². The van der Waals surface area contributed by atoms with Crippen molar-refractivity contribution in [2.75, 3.05) is 0 Å². The van der Waals surface area contributed by atoms with Gasteiger partial charge in [-0.2, -0.15) is 18.4 Å². The van der Waals surface area contributed by atoms with E-state index >= 15 is 0 Å². The van der Waals surface area contributed by atoms with Gasteiger partial charge < -0.3 is 0 Å². The highest BCUT2D eigenvalue weighted by atomic mass is 19.4. The van der Waals surface area contributed by atoms with Crippen LogP contribution in [0.4, 0.5) is 13.2 Å². The fraction of sp³-hybridized carbons (Fsp3) is 0.469. The number of aliphatic imine (C=N–C) groups is 1. The standard InChI is InChI=1S/C32H40F3N3/c1-5-28(21-36)26(4)20-24(2)19-25(3)22-37-18-12-8-6-7-9-13-27-16-17-31(38-23-27)29-14-10-11-15-30(29)32(33,34)35/h5,10-11,14-18,22-24,26H,6-9,12-13,19-20H2,1-4H3/b25-22+,28-5-,37-18?/t24?,26-/m1/s1. The van der Waals surface area contributed by atoms with Crippen LogP contribution < -0.4 is 0 Å². The molecule has 1 heterocycles. The molecule has 0 aliphatic heterocycles. The van der Waals surface area contributed by atoms with Crippen molar-refractivity contribution in [3.05, 3.63) is 77.1 Å². The van der Waals surface area contributed by atoms with Crippen LogP contribution in [0, 0.1) is 23.2 Å². The van der Waals surface area contributed by atoms with Crippen LogP contribution in [0.3, 0.4) is 0 Å². The summed E-state index contributed by atoms with van der Waals surface area (Å²) in [6, 6.07) is 11.4. The number of benzene rings is 1. The molecule has 3 nitrogen and oxygen atoms in total. The third-order valence-corrected chi connectivity index (χ3v) is 6.68.